The molecule has 4 nitrogen and oxygen atoms in total. The molecule has 0 aliphatic heterocycles. The third-order valence-electron chi connectivity index (χ3n) is 2.47. The number of hydrogen-bond acceptors (Lipinski definition) is 5. The zero-order chi connectivity index (χ0) is 13.1. The number of anilines is 1. The maximum atomic E-state index is 11.1. The molecular weight excluding hydrogens is 248 g/mol. The molecule has 0 atom stereocenters. The number of nitrogens with zero attached hydrogens (tertiary/aromatic N) is 2. The van der Waals surface area contributed by atoms with Crippen LogP contribution in [0.4, 0.5) is 5.13 Å². The summed E-state index contributed by atoms with van der Waals surface area (Å²) < 4.78 is 5.18. The Balaban J connectivity index is 2.51. The SMILES string of the molecule is COc1cccc(-c2nc(N(C)C)sc2C=O)c1. The highest BCUT2D eigenvalue weighted by Gasteiger charge is 2.14. The van der Waals surface area contributed by atoms with Gasteiger partial charge < -0.3 is 9.64 Å². The van der Waals surface area contributed by atoms with Crippen LogP contribution in [0.3, 0.4) is 0 Å². The second-order valence-electron chi connectivity index (χ2n) is 3.95. The molecule has 0 aliphatic rings. The van der Waals surface area contributed by atoms with E-state index >= 15 is 0 Å². The predicted molar refractivity (Wildman–Crippen MR) is 73.8 cm³/mol. The van der Waals surface area contributed by atoms with Crippen molar-refractivity contribution in [2.24, 2.45) is 0 Å². The summed E-state index contributed by atoms with van der Waals surface area (Å²) in [5.41, 5.74) is 1.60. The van der Waals surface area contributed by atoms with Gasteiger partial charge in [0.2, 0.25) is 0 Å². The van der Waals surface area contributed by atoms with Gasteiger partial charge in [0.15, 0.2) is 11.4 Å². The fourth-order valence-corrected chi connectivity index (χ4v) is 2.39. The van der Waals surface area contributed by atoms with E-state index < -0.39 is 0 Å². The molecule has 1 aromatic carbocycles. The Hall–Kier alpha value is -1.88. The van der Waals surface area contributed by atoms with Gasteiger partial charge in [-0.25, -0.2) is 4.98 Å². The van der Waals surface area contributed by atoms with Crippen LogP contribution in [0.2, 0.25) is 0 Å². The van der Waals surface area contributed by atoms with Crippen LogP contribution in [-0.4, -0.2) is 32.5 Å². The molecule has 0 N–H and O–H groups in total. The number of benzene rings is 1. The molecule has 0 spiro atoms. The fourth-order valence-electron chi connectivity index (χ4n) is 1.57. The summed E-state index contributed by atoms with van der Waals surface area (Å²) in [5, 5.41) is 0.815. The van der Waals surface area contributed by atoms with Gasteiger partial charge in [-0.05, 0) is 12.1 Å². The van der Waals surface area contributed by atoms with E-state index in [2.05, 4.69) is 4.98 Å². The van der Waals surface area contributed by atoms with Crippen LogP contribution >= 0.6 is 11.3 Å². The summed E-state index contributed by atoms with van der Waals surface area (Å²) in [6, 6.07) is 7.55. The number of thiazole rings is 1. The molecule has 5 heteroatoms. The van der Waals surface area contributed by atoms with E-state index in [1.165, 1.54) is 11.3 Å². The summed E-state index contributed by atoms with van der Waals surface area (Å²) in [4.78, 5) is 18.1. The normalized spacial score (nSPS) is 10.2. The molecule has 0 amide bonds. The molecule has 18 heavy (non-hydrogen) atoms. The number of methoxy groups -OCH3 is 1. The number of hydrogen-bond donors (Lipinski definition) is 0. The van der Waals surface area contributed by atoms with Gasteiger partial charge in [-0.1, -0.05) is 23.5 Å². The van der Waals surface area contributed by atoms with E-state index in [0.717, 1.165) is 22.7 Å². The van der Waals surface area contributed by atoms with Crippen molar-refractivity contribution in [3.8, 4) is 17.0 Å². The summed E-state index contributed by atoms with van der Waals surface area (Å²) >= 11 is 1.38. The van der Waals surface area contributed by atoms with Crippen LogP contribution in [-0.2, 0) is 0 Å². The number of ether oxygens (including phenoxy) is 1. The molecule has 1 heterocycles. The second kappa shape index (κ2) is 5.18. The molecule has 0 saturated heterocycles. The number of rotatable bonds is 4. The van der Waals surface area contributed by atoms with E-state index in [-0.39, 0.29) is 0 Å². The molecule has 0 aliphatic carbocycles. The molecule has 0 unspecified atom stereocenters. The van der Waals surface area contributed by atoms with Crippen molar-refractivity contribution in [2.75, 3.05) is 26.1 Å². The minimum absolute atomic E-state index is 0.631. The molecule has 0 radical (unpaired) electrons. The molecule has 1 aromatic heterocycles. The number of aldehydes is 1. The molecule has 0 saturated carbocycles. The Morgan fingerprint density at radius 3 is 2.78 bits per heavy atom. The van der Waals surface area contributed by atoms with Crippen LogP contribution in [0, 0.1) is 0 Å². The van der Waals surface area contributed by atoms with Crippen LogP contribution in [0.25, 0.3) is 11.3 Å². The summed E-state index contributed by atoms with van der Waals surface area (Å²) in [5.74, 6) is 0.753. The van der Waals surface area contributed by atoms with Gasteiger partial charge in [0.25, 0.3) is 0 Å². The zero-order valence-corrected chi connectivity index (χ0v) is 11.3. The Labute approximate surface area is 110 Å². The number of carbonyl (C=O) groups excluding carboxylic acids is 1. The Morgan fingerprint density at radius 1 is 1.39 bits per heavy atom. The first kappa shape index (κ1) is 12.6. The second-order valence-corrected chi connectivity index (χ2v) is 4.96. The van der Waals surface area contributed by atoms with E-state index in [0.29, 0.717) is 10.6 Å². The van der Waals surface area contributed by atoms with Gasteiger partial charge in [-0.2, -0.15) is 0 Å². The van der Waals surface area contributed by atoms with E-state index in [4.69, 9.17) is 4.74 Å². The average molecular weight is 262 g/mol. The van der Waals surface area contributed by atoms with Crippen molar-refractivity contribution < 1.29 is 9.53 Å². The lowest BCUT2D eigenvalue weighted by molar-refractivity contribution is 0.112. The molecule has 0 bridgehead atoms. The van der Waals surface area contributed by atoms with Gasteiger partial charge in [0.1, 0.15) is 5.75 Å². The summed E-state index contributed by atoms with van der Waals surface area (Å²) in [6.45, 7) is 0. The van der Waals surface area contributed by atoms with Crippen molar-refractivity contribution in [1.82, 2.24) is 4.98 Å². The third kappa shape index (κ3) is 2.36. The Kier molecular flexibility index (Phi) is 3.62. The monoisotopic (exact) mass is 262 g/mol. The fraction of sp³-hybridized carbons (Fsp3) is 0.231. The lowest BCUT2D eigenvalue weighted by Crippen LogP contribution is -2.07. The van der Waals surface area contributed by atoms with Crippen molar-refractivity contribution in [1.29, 1.82) is 0 Å². The lowest BCUT2D eigenvalue weighted by Gasteiger charge is -2.05. The Bertz CT molecular complexity index is 564. The third-order valence-corrected chi connectivity index (χ3v) is 3.62. The van der Waals surface area contributed by atoms with Gasteiger partial charge in [-0.3, -0.25) is 4.79 Å². The highest BCUT2D eigenvalue weighted by Crippen LogP contribution is 2.32. The topological polar surface area (TPSA) is 42.4 Å². The Morgan fingerprint density at radius 2 is 2.17 bits per heavy atom. The minimum Gasteiger partial charge on any atom is -0.497 e. The molecule has 94 valence electrons. The maximum Gasteiger partial charge on any atom is 0.186 e. The quantitative estimate of drug-likeness (QED) is 0.794. The molecule has 2 aromatic rings. The van der Waals surface area contributed by atoms with Gasteiger partial charge in [-0.15, -0.1) is 0 Å². The van der Waals surface area contributed by atoms with Crippen LogP contribution in [0.1, 0.15) is 9.67 Å². The smallest absolute Gasteiger partial charge is 0.186 e. The minimum atomic E-state index is 0.631. The van der Waals surface area contributed by atoms with Crippen molar-refractivity contribution in [3.63, 3.8) is 0 Å². The first-order chi connectivity index (χ1) is 8.65. The van der Waals surface area contributed by atoms with E-state index in [1.54, 1.807) is 7.11 Å². The van der Waals surface area contributed by atoms with Gasteiger partial charge in [0, 0.05) is 19.7 Å². The number of aromatic nitrogens is 1. The highest BCUT2D eigenvalue weighted by atomic mass is 32.1. The first-order valence-corrected chi connectivity index (χ1v) is 6.25. The predicted octanol–water partition coefficient (Wildman–Crippen LogP) is 2.70. The first-order valence-electron chi connectivity index (χ1n) is 5.43. The van der Waals surface area contributed by atoms with Gasteiger partial charge in [0.05, 0.1) is 17.7 Å². The zero-order valence-electron chi connectivity index (χ0n) is 10.5. The number of carbonyl (C=O) groups is 1. The molecular formula is C13H14N2O2S. The lowest BCUT2D eigenvalue weighted by atomic mass is 10.1. The molecule has 2 rings (SSSR count). The van der Waals surface area contributed by atoms with E-state index in [1.807, 2.05) is 43.3 Å². The van der Waals surface area contributed by atoms with Crippen LogP contribution < -0.4 is 9.64 Å². The van der Waals surface area contributed by atoms with Crippen molar-refractivity contribution in [3.05, 3.63) is 29.1 Å². The largest absolute Gasteiger partial charge is 0.497 e. The van der Waals surface area contributed by atoms with Crippen LogP contribution in [0.5, 0.6) is 5.75 Å². The van der Waals surface area contributed by atoms with Gasteiger partial charge >= 0.3 is 0 Å². The maximum absolute atomic E-state index is 11.1. The summed E-state index contributed by atoms with van der Waals surface area (Å²) in [6.07, 6.45) is 0.847. The average Bonchev–Trinajstić information content (AvgIpc) is 2.83. The molecule has 0 fully saturated rings. The van der Waals surface area contributed by atoms with Crippen molar-refractivity contribution >= 4 is 22.8 Å². The van der Waals surface area contributed by atoms with Crippen molar-refractivity contribution in [2.45, 2.75) is 0 Å². The van der Waals surface area contributed by atoms with E-state index in [9.17, 15) is 4.79 Å². The van der Waals surface area contributed by atoms with Crippen LogP contribution in [0.15, 0.2) is 24.3 Å². The standard InChI is InChI=1S/C13H14N2O2S/c1-15(2)13-14-12(11(8-16)18-13)9-5-4-6-10(7-9)17-3/h4-8H,1-3H3. The summed E-state index contributed by atoms with van der Waals surface area (Å²) in [7, 11) is 5.43. The highest BCUT2D eigenvalue weighted by molar-refractivity contribution is 7.17.